The van der Waals surface area contributed by atoms with Crippen molar-refractivity contribution >= 4 is 5.97 Å². The molecule has 0 spiro atoms. The molecule has 0 aromatic heterocycles. The van der Waals surface area contributed by atoms with Crippen LogP contribution >= 0.6 is 0 Å². The van der Waals surface area contributed by atoms with Crippen molar-refractivity contribution in [3.05, 3.63) is 12.2 Å². The number of carbonyl (C=O) groups excluding carboxylic acids is 1. The molecule has 19 heavy (non-hydrogen) atoms. The molecule has 1 fully saturated rings. The highest BCUT2D eigenvalue weighted by Crippen LogP contribution is 2.10. The van der Waals surface area contributed by atoms with E-state index in [9.17, 15) is 4.79 Å². The van der Waals surface area contributed by atoms with E-state index in [1.165, 1.54) is 26.4 Å². The normalized spacial score (nSPS) is 16.3. The van der Waals surface area contributed by atoms with Crippen molar-refractivity contribution in [2.24, 2.45) is 0 Å². The van der Waals surface area contributed by atoms with Gasteiger partial charge >= 0.3 is 5.97 Å². The van der Waals surface area contributed by atoms with Gasteiger partial charge in [0.15, 0.2) is 6.29 Å². The van der Waals surface area contributed by atoms with E-state index in [4.69, 9.17) is 9.47 Å². The Morgan fingerprint density at radius 3 is 2.53 bits per heavy atom. The lowest BCUT2D eigenvalue weighted by atomic mass is 10.1. The Hall–Kier alpha value is -0.870. The molecule has 4 nitrogen and oxygen atoms in total. The largest absolute Gasteiger partial charge is 0.469 e. The summed E-state index contributed by atoms with van der Waals surface area (Å²) in [6, 6.07) is 0. The van der Waals surface area contributed by atoms with Crippen molar-refractivity contribution in [2.45, 2.75) is 57.7 Å². The number of esters is 1. The zero-order valence-electron chi connectivity index (χ0n) is 11.9. The number of ether oxygens (including phenoxy) is 3. The van der Waals surface area contributed by atoms with Gasteiger partial charge in [-0.15, -0.1) is 0 Å². The molecule has 1 heterocycles. The van der Waals surface area contributed by atoms with Gasteiger partial charge in [0.1, 0.15) is 0 Å². The third-order valence-corrected chi connectivity index (χ3v) is 3.17. The molecule has 0 aromatic carbocycles. The Labute approximate surface area is 116 Å². The van der Waals surface area contributed by atoms with Gasteiger partial charge in [0.2, 0.25) is 0 Å². The van der Waals surface area contributed by atoms with Crippen molar-refractivity contribution in [1.29, 1.82) is 0 Å². The standard InChI is InChI=1S/C15H26O4/c1-17-14(16)10-8-6-4-2-3-5-7-9-11-15-18-12-13-19-15/h7,9,15H,2-6,8,10-13H2,1H3. The lowest BCUT2D eigenvalue weighted by Gasteiger charge is -2.04. The minimum atomic E-state index is -0.0979. The Morgan fingerprint density at radius 1 is 1.11 bits per heavy atom. The first kappa shape index (κ1) is 16.2. The maximum Gasteiger partial charge on any atom is 0.305 e. The highest BCUT2D eigenvalue weighted by Gasteiger charge is 2.12. The molecule has 4 heteroatoms. The third kappa shape index (κ3) is 8.78. The van der Waals surface area contributed by atoms with E-state index in [0.29, 0.717) is 6.42 Å². The summed E-state index contributed by atoms with van der Waals surface area (Å²) in [7, 11) is 1.44. The molecular formula is C15H26O4. The minimum absolute atomic E-state index is 0.0189. The summed E-state index contributed by atoms with van der Waals surface area (Å²) < 4.78 is 15.3. The molecule has 1 rings (SSSR count). The number of allylic oxidation sites excluding steroid dienone is 1. The maximum absolute atomic E-state index is 10.9. The van der Waals surface area contributed by atoms with Crippen LogP contribution in [-0.2, 0) is 19.0 Å². The first-order valence-corrected chi connectivity index (χ1v) is 7.28. The second-order valence-corrected chi connectivity index (χ2v) is 4.76. The van der Waals surface area contributed by atoms with Crippen LogP contribution in [0.2, 0.25) is 0 Å². The fourth-order valence-corrected chi connectivity index (χ4v) is 2.03. The van der Waals surface area contributed by atoms with Gasteiger partial charge in [-0.25, -0.2) is 0 Å². The van der Waals surface area contributed by atoms with Crippen LogP contribution in [0.15, 0.2) is 12.2 Å². The van der Waals surface area contributed by atoms with E-state index in [-0.39, 0.29) is 12.3 Å². The molecule has 0 bridgehead atoms. The minimum Gasteiger partial charge on any atom is -0.469 e. The van der Waals surface area contributed by atoms with Gasteiger partial charge in [0, 0.05) is 12.8 Å². The number of hydrogen-bond donors (Lipinski definition) is 0. The molecule has 0 radical (unpaired) electrons. The van der Waals surface area contributed by atoms with Crippen molar-refractivity contribution in [3.8, 4) is 0 Å². The quantitative estimate of drug-likeness (QED) is 0.347. The third-order valence-electron chi connectivity index (χ3n) is 3.17. The average Bonchev–Trinajstić information content (AvgIpc) is 2.93. The zero-order valence-corrected chi connectivity index (χ0v) is 11.9. The highest BCUT2D eigenvalue weighted by molar-refractivity contribution is 5.68. The molecular weight excluding hydrogens is 244 g/mol. The topological polar surface area (TPSA) is 44.8 Å². The van der Waals surface area contributed by atoms with E-state index in [2.05, 4.69) is 16.9 Å². The molecule has 1 aliphatic rings. The van der Waals surface area contributed by atoms with E-state index in [0.717, 1.165) is 38.9 Å². The van der Waals surface area contributed by atoms with Crippen LogP contribution in [0, 0.1) is 0 Å². The molecule has 0 aliphatic carbocycles. The smallest absolute Gasteiger partial charge is 0.305 e. The van der Waals surface area contributed by atoms with Gasteiger partial charge in [-0.1, -0.05) is 31.4 Å². The van der Waals surface area contributed by atoms with Gasteiger partial charge in [0.25, 0.3) is 0 Å². The maximum atomic E-state index is 10.9. The summed E-state index contributed by atoms with van der Waals surface area (Å²) in [5.41, 5.74) is 0. The van der Waals surface area contributed by atoms with Crippen molar-refractivity contribution in [1.82, 2.24) is 0 Å². The number of rotatable bonds is 10. The van der Waals surface area contributed by atoms with E-state index in [1.807, 2.05) is 0 Å². The fourth-order valence-electron chi connectivity index (χ4n) is 2.03. The van der Waals surface area contributed by atoms with E-state index in [1.54, 1.807) is 0 Å². The van der Waals surface area contributed by atoms with E-state index < -0.39 is 0 Å². The molecule has 0 aromatic rings. The number of methoxy groups -OCH3 is 1. The van der Waals surface area contributed by atoms with Gasteiger partial charge < -0.3 is 14.2 Å². The van der Waals surface area contributed by atoms with Crippen molar-refractivity contribution < 1.29 is 19.0 Å². The van der Waals surface area contributed by atoms with Gasteiger partial charge in [-0.3, -0.25) is 4.79 Å². The summed E-state index contributed by atoms with van der Waals surface area (Å²) in [4.78, 5) is 10.9. The second kappa shape index (κ2) is 11.0. The van der Waals surface area contributed by atoms with Crippen LogP contribution in [0.1, 0.15) is 51.4 Å². The molecule has 0 unspecified atom stereocenters. The van der Waals surface area contributed by atoms with Crippen molar-refractivity contribution in [2.75, 3.05) is 20.3 Å². The van der Waals surface area contributed by atoms with Crippen LogP contribution in [0.5, 0.6) is 0 Å². The first-order valence-electron chi connectivity index (χ1n) is 7.28. The van der Waals surface area contributed by atoms with Crippen LogP contribution in [0.4, 0.5) is 0 Å². The Kier molecular flexibility index (Phi) is 9.37. The second-order valence-electron chi connectivity index (χ2n) is 4.76. The summed E-state index contributed by atoms with van der Waals surface area (Å²) in [5.74, 6) is -0.0979. The molecule has 0 amide bonds. The molecule has 0 N–H and O–H groups in total. The number of carbonyl (C=O) groups is 1. The Bertz CT molecular complexity index is 257. The Balaban J connectivity index is 1.80. The highest BCUT2D eigenvalue weighted by atomic mass is 16.7. The van der Waals surface area contributed by atoms with E-state index >= 15 is 0 Å². The average molecular weight is 270 g/mol. The van der Waals surface area contributed by atoms with Crippen molar-refractivity contribution in [3.63, 3.8) is 0 Å². The molecule has 1 saturated heterocycles. The predicted octanol–water partition coefficient (Wildman–Crippen LogP) is 3.21. The SMILES string of the molecule is COC(=O)CCCCCCCC=CCC1OCCO1. The fraction of sp³-hybridized carbons (Fsp3) is 0.800. The number of unbranched alkanes of at least 4 members (excludes halogenated alkanes) is 5. The van der Waals surface area contributed by atoms with Crippen LogP contribution in [-0.4, -0.2) is 32.6 Å². The summed E-state index contributed by atoms with van der Waals surface area (Å²) in [5, 5.41) is 0. The molecule has 0 atom stereocenters. The lowest BCUT2D eigenvalue weighted by molar-refractivity contribution is -0.140. The van der Waals surface area contributed by atoms with Gasteiger partial charge in [0.05, 0.1) is 20.3 Å². The molecule has 0 saturated carbocycles. The van der Waals surface area contributed by atoms with Gasteiger partial charge in [-0.05, 0) is 19.3 Å². The molecule has 1 aliphatic heterocycles. The molecule has 110 valence electrons. The summed E-state index contributed by atoms with van der Waals surface area (Å²) >= 11 is 0. The first-order chi connectivity index (χ1) is 9.33. The monoisotopic (exact) mass is 270 g/mol. The summed E-state index contributed by atoms with van der Waals surface area (Å²) in [6.45, 7) is 1.45. The zero-order chi connectivity index (χ0) is 13.8. The Morgan fingerprint density at radius 2 is 1.79 bits per heavy atom. The lowest BCUT2D eigenvalue weighted by Crippen LogP contribution is -2.04. The van der Waals surface area contributed by atoms with Gasteiger partial charge in [-0.2, -0.15) is 0 Å². The predicted molar refractivity (Wildman–Crippen MR) is 73.8 cm³/mol. The van der Waals surface area contributed by atoms with Crippen LogP contribution < -0.4 is 0 Å². The number of hydrogen-bond acceptors (Lipinski definition) is 4. The van der Waals surface area contributed by atoms with Crippen LogP contribution in [0.25, 0.3) is 0 Å². The van der Waals surface area contributed by atoms with Crippen LogP contribution in [0.3, 0.4) is 0 Å². The summed E-state index contributed by atoms with van der Waals surface area (Å²) in [6.07, 6.45) is 12.5.